The normalized spacial score (nSPS) is 8.73. The van der Waals surface area contributed by atoms with Crippen molar-refractivity contribution in [3.63, 3.8) is 0 Å². The lowest BCUT2D eigenvalue weighted by atomic mass is 10.4. The molecule has 0 bridgehead atoms. The average molecular weight is 152 g/mol. The maximum absolute atomic E-state index is 10.4. The number of carbonyl (C=O) groups is 2. The molecule has 0 atom stereocenters. The Balaban J connectivity index is 3.27. The number of amides is 2. The second-order valence-electron chi connectivity index (χ2n) is 1.63. The standard InChI is InChI=1S/C4H6B2N2O3/c5-7-3(9)1-11-2-4(10)8-6/h1-2H2,(H,7,9)(H,8,10). The van der Waals surface area contributed by atoms with Crippen molar-refractivity contribution in [1.29, 1.82) is 0 Å². The van der Waals surface area contributed by atoms with Gasteiger partial charge in [-0.15, -0.1) is 0 Å². The van der Waals surface area contributed by atoms with Crippen LogP contribution in [-0.2, 0) is 14.3 Å². The molecule has 0 saturated carbocycles. The van der Waals surface area contributed by atoms with Crippen LogP contribution in [0.25, 0.3) is 0 Å². The van der Waals surface area contributed by atoms with Crippen molar-refractivity contribution in [2.45, 2.75) is 0 Å². The predicted molar refractivity (Wildman–Crippen MR) is 38.6 cm³/mol. The Kier molecular flexibility index (Phi) is 5.28. The van der Waals surface area contributed by atoms with Crippen molar-refractivity contribution >= 4 is 27.8 Å². The molecule has 0 spiro atoms. The van der Waals surface area contributed by atoms with E-state index in [1.165, 1.54) is 0 Å². The number of ether oxygens (including phenoxy) is 1. The molecule has 0 aromatic carbocycles. The highest BCUT2D eigenvalue weighted by Gasteiger charge is 1.99. The highest BCUT2D eigenvalue weighted by atomic mass is 16.5. The number of nitrogens with one attached hydrogen (secondary N) is 2. The van der Waals surface area contributed by atoms with Crippen LogP contribution in [0.15, 0.2) is 0 Å². The zero-order valence-electron chi connectivity index (χ0n) is 5.79. The van der Waals surface area contributed by atoms with Crippen LogP contribution in [0.3, 0.4) is 0 Å². The van der Waals surface area contributed by atoms with E-state index in [0.717, 1.165) is 0 Å². The molecule has 5 nitrogen and oxygen atoms in total. The summed E-state index contributed by atoms with van der Waals surface area (Å²) < 4.78 is 4.55. The van der Waals surface area contributed by atoms with Crippen LogP contribution in [-0.4, -0.2) is 41.0 Å². The van der Waals surface area contributed by atoms with Crippen molar-refractivity contribution in [3.05, 3.63) is 0 Å². The van der Waals surface area contributed by atoms with Gasteiger partial charge in [0.25, 0.3) is 0 Å². The first-order valence-electron chi connectivity index (χ1n) is 2.77. The van der Waals surface area contributed by atoms with Gasteiger partial charge in [-0.2, -0.15) is 0 Å². The monoisotopic (exact) mass is 152 g/mol. The molecular formula is C4H6B2N2O3. The maximum atomic E-state index is 10.4. The predicted octanol–water partition coefficient (Wildman–Crippen LogP) is -2.60. The third-order valence-corrected chi connectivity index (χ3v) is 0.788. The van der Waals surface area contributed by atoms with Crippen LogP contribution in [0.4, 0.5) is 0 Å². The van der Waals surface area contributed by atoms with E-state index in [4.69, 9.17) is 16.0 Å². The van der Waals surface area contributed by atoms with Gasteiger partial charge in [-0.05, 0) is 0 Å². The van der Waals surface area contributed by atoms with E-state index in [2.05, 4.69) is 4.74 Å². The summed E-state index contributed by atoms with van der Waals surface area (Å²) >= 11 is 0. The summed E-state index contributed by atoms with van der Waals surface area (Å²) in [6.07, 6.45) is 0. The minimum atomic E-state index is -0.505. The molecule has 0 aromatic rings. The molecule has 2 N–H and O–H groups in total. The van der Waals surface area contributed by atoms with E-state index in [1.54, 1.807) is 0 Å². The van der Waals surface area contributed by atoms with Gasteiger partial charge in [0.2, 0.25) is 27.8 Å². The minimum absolute atomic E-state index is 0.260. The zero-order chi connectivity index (χ0) is 8.69. The molecule has 0 heterocycles. The number of hydrogen-bond donors (Lipinski definition) is 2. The van der Waals surface area contributed by atoms with Gasteiger partial charge in [0.05, 0.1) is 0 Å². The molecule has 0 aromatic heterocycles. The Hall–Kier alpha value is -0.970. The van der Waals surface area contributed by atoms with Gasteiger partial charge in [0.15, 0.2) is 0 Å². The van der Waals surface area contributed by atoms with Crippen LogP contribution in [0.2, 0.25) is 0 Å². The Morgan fingerprint density at radius 2 is 1.45 bits per heavy atom. The van der Waals surface area contributed by atoms with Gasteiger partial charge in [-0.1, -0.05) is 0 Å². The van der Waals surface area contributed by atoms with Crippen LogP contribution in [0.1, 0.15) is 0 Å². The fraction of sp³-hybridized carbons (Fsp3) is 0.500. The van der Waals surface area contributed by atoms with E-state index < -0.39 is 11.8 Å². The SMILES string of the molecule is [B]NC(=O)COCC(=O)N[B]. The van der Waals surface area contributed by atoms with Crippen molar-refractivity contribution in [2.75, 3.05) is 13.2 Å². The third-order valence-electron chi connectivity index (χ3n) is 0.788. The molecule has 0 rings (SSSR count). The zero-order valence-corrected chi connectivity index (χ0v) is 5.79. The second kappa shape index (κ2) is 5.79. The van der Waals surface area contributed by atoms with Crippen LogP contribution >= 0.6 is 0 Å². The van der Waals surface area contributed by atoms with Gasteiger partial charge >= 0.3 is 0 Å². The average Bonchev–Trinajstić information content (AvgIpc) is 2.04. The molecule has 0 aliphatic heterocycles. The fourth-order valence-corrected chi connectivity index (χ4v) is 0.320. The van der Waals surface area contributed by atoms with E-state index >= 15 is 0 Å². The lowest BCUT2D eigenvalue weighted by Gasteiger charge is -2.01. The summed E-state index contributed by atoms with van der Waals surface area (Å²) in [6, 6.07) is 0. The van der Waals surface area contributed by atoms with Gasteiger partial charge in [0.1, 0.15) is 13.2 Å². The van der Waals surface area contributed by atoms with Crippen molar-refractivity contribution in [2.24, 2.45) is 0 Å². The molecule has 56 valence electrons. The third kappa shape index (κ3) is 5.47. The topological polar surface area (TPSA) is 67.4 Å². The van der Waals surface area contributed by atoms with Gasteiger partial charge in [0, 0.05) is 0 Å². The molecule has 0 unspecified atom stereocenters. The summed E-state index contributed by atoms with van der Waals surface area (Å²) in [7, 11) is 9.43. The molecule has 0 aliphatic rings. The maximum Gasteiger partial charge on any atom is 0.233 e. The van der Waals surface area contributed by atoms with E-state index in [1.807, 2.05) is 10.5 Å². The molecule has 0 aliphatic carbocycles. The molecule has 4 radical (unpaired) electrons. The van der Waals surface area contributed by atoms with E-state index in [0.29, 0.717) is 0 Å². The second-order valence-corrected chi connectivity index (χ2v) is 1.63. The molecule has 7 heteroatoms. The van der Waals surface area contributed by atoms with Crippen molar-refractivity contribution in [1.82, 2.24) is 10.5 Å². The lowest BCUT2D eigenvalue weighted by Crippen LogP contribution is -2.29. The Morgan fingerprint density at radius 3 is 1.73 bits per heavy atom. The number of rotatable bonds is 4. The first-order chi connectivity index (χ1) is 5.20. The summed E-state index contributed by atoms with van der Waals surface area (Å²) in [5.41, 5.74) is 0. The van der Waals surface area contributed by atoms with Gasteiger partial charge in [-0.3, -0.25) is 9.59 Å². The number of carbonyl (C=O) groups excluding carboxylic acids is 2. The highest BCUT2D eigenvalue weighted by Crippen LogP contribution is 1.73. The number of hydrogen-bond acceptors (Lipinski definition) is 3. The summed E-state index contributed by atoms with van der Waals surface area (Å²) in [5, 5.41) is 3.66. The van der Waals surface area contributed by atoms with Crippen LogP contribution in [0.5, 0.6) is 0 Å². The van der Waals surface area contributed by atoms with Crippen molar-refractivity contribution in [3.8, 4) is 0 Å². The van der Waals surface area contributed by atoms with Gasteiger partial charge in [-0.25, -0.2) is 0 Å². The summed E-state index contributed by atoms with van der Waals surface area (Å²) in [5.74, 6) is -1.01. The smallest absolute Gasteiger partial charge is 0.233 e. The fourth-order valence-electron chi connectivity index (χ4n) is 0.320. The van der Waals surface area contributed by atoms with Gasteiger partial charge < -0.3 is 15.2 Å². The summed E-state index contributed by atoms with van der Waals surface area (Å²) in [4.78, 5) is 20.7. The van der Waals surface area contributed by atoms with Crippen LogP contribution in [0, 0.1) is 0 Å². The lowest BCUT2D eigenvalue weighted by molar-refractivity contribution is -0.129. The Bertz CT molecular complexity index is 136. The summed E-state index contributed by atoms with van der Waals surface area (Å²) in [6.45, 7) is -0.520. The molecular weight excluding hydrogens is 146 g/mol. The van der Waals surface area contributed by atoms with E-state index in [9.17, 15) is 9.59 Å². The quantitative estimate of drug-likeness (QED) is 0.434. The Morgan fingerprint density at radius 1 is 1.09 bits per heavy atom. The Labute approximate surface area is 66.7 Å². The largest absolute Gasteiger partial charge is 0.407 e. The highest BCUT2D eigenvalue weighted by molar-refractivity contribution is 6.15. The molecule has 0 fully saturated rings. The molecule has 0 saturated heterocycles. The van der Waals surface area contributed by atoms with Crippen molar-refractivity contribution < 1.29 is 14.3 Å². The minimum Gasteiger partial charge on any atom is -0.407 e. The van der Waals surface area contributed by atoms with Crippen LogP contribution < -0.4 is 10.5 Å². The first kappa shape index (κ1) is 10.0. The molecule has 2 amide bonds. The molecule has 11 heavy (non-hydrogen) atoms. The first-order valence-corrected chi connectivity index (χ1v) is 2.77. The van der Waals surface area contributed by atoms with E-state index in [-0.39, 0.29) is 13.2 Å².